The molecule has 1 aromatic carbocycles. The molecular formula is C18H28N2O2. The summed E-state index contributed by atoms with van der Waals surface area (Å²) >= 11 is 0. The molecule has 1 amide bonds. The van der Waals surface area contributed by atoms with Gasteiger partial charge in [0.2, 0.25) is 5.91 Å². The van der Waals surface area contributed by atoms with E-state index in [1.54, 1.807) is 0 Å². The molecule has 1 aromatic rings. The topological polar surface area (TPSA) is 41.6 Å². The van der Waals surface area contributed by atoms with Crippen molar-refractivity contribution in [1.29, 1.82) is 0 Å². The van der Waals surface area contributed by atoms with Crippen molar-refractivity contribution in [3.8, 4) is 0 Å². The van der Waals surface area contributed by atoms with Crippen LogP contribution in [0.25, 0.3) is 0 Å². The van der Waals surface area contributed by atoms with Gasteiger partial charge in [-0.2, -0.15) is 0 Å². The van der Waals surface area contributed by atoms with Gasteiger partial charge in [-0.25, -0.2) is 0 Å². The van der Waals surface area contributed by atoms with Gasteiger partial charge in [0, 0.05) is 26.1 Å². The molecule has 2 rings (SSSR count). The van der Waals surface area contributed by atoms with Crippen LogP contribution in [0.2, 0.25) is 0 Å². The summed E-state index contributed by atoms with van der Waals surface area (Å²) < 4.78 is 5.32. The monoisotopic (exact) mass is 304 g/mol. The third-order valence-electron chi connectivity index (χ3n) is 4.07. The molecule has 0 saturated carbocycles. The highest BCUT2D eigenvalue weighted by Crippen LogP contribution is 2.07. The Hall–Kier alpha value is -1.39. The highest BCUT2D eigenvalue weighted by molar-refractivity contribution is 5.75. The molecular weight excluding hydrogens is 276 g/mol. The second-order valence-electron chi connectivity index (χ2n) is 6.00. The van der Waals surface area contributed by atoms with Crippen LogP contribution in [-0.4, -0.2) is 50.2 Å². The number of amides is 1. The summed E-state index contributed by atoms with van der Waals surface area (Å²) in [5.41, 5.74) is 2.59. The van der Waals surface area contributed by atoms with Crippen molar-refractivity contribution >= 4 is 5.91 Å². The van der Waals surface area contributed by atoms with Crippen LogP contribution in [0.4, 0.5) is 0 Å². The Kier molecular flexibility index (Phi) is 7.40. The predicted molar refractivity (Wildman–Crippen MR) is 89.0 cm³/mol. The first-order valence-electron chi connectivity index (χ1n) is 8.36. The van der Waals surface area contributed by atoms with E-state index < -0.39 is 0 Å². The first kappa shape index (κ1) is 17.0. The zero-order valence-electron chi connectivity index (χ0n) is 13.6. The maximum Gasteiger partial charge on any atom is 0.220 e. The van der Waals surface area contributed by atoms with Crippen molar-refractivity contribution in [3.05, 3.63) is 35.4 Å². The second-order valence-corrected chi connectivity index (χ2v) is 6.00. The molecule has 1 saturated heterocycles. The molecule has 4 heteroatoms. The lowest BCUT2D eigenvalue weighted by Crippen LogP contribution is -2.38. The van der Waals surface area contributed by atoms with E-state index in [-0.39, 0.29) is 5.91 Å². The van der Waals surface area contributed by atoms with Crippen LogP contribution in [-0.2, 0) is 16.0 Å². The summed E-state index contributed by atoms with van der Waals surface area (Å²) in [6.45, 7) is 7.63. The molecule has 1 fully saturated rings. The van der Waals surface area contributed by atoms with E-state index in [1.165, 1.54) is 11.1 Å². The Bertz CT molecular complexity index is 439. The van der Waals surface area contributed by atoms with Gasteiger partial charge in [-0.3, -0.25) is 9.69 Å². The number of nitrogens with zero attached hydrogens (tertiary/aromatic N) is 1. The third kappa shape index (κ3) is 6.58. The standard InChI is InChI=1S/C18H28N2O2/c1-16-6-8-17(9-7-16)4-2-5-18(21)19-10-3-11-20-12-14-22-15-13-20/h6-9H,2-5,10-15H2,1H3,(H,19,21). The van der Waals surface area contributed by atoms with Crippen molar-refractivity contribution in [2.75, 3.05) is 39.4 Å². The van der Waals surface area contributed by atoms with Crippen molar-refractivity contribution in [2.45, 2.75) is 32.6 Å². The van der Waals surface area contributed by atoms with Gasteiger partial charge in [-0.05, 0) is 38.3 Å². The molecule has 0 aromatic heterocycles. The van der Waals surface area contributed by atoms with Crippen molar-refractivity contribution in [2.24, 2.45) is 0 Å². The van der Waals surface area contributed by atoms with Crippen LogP contribution in [0.1, 0.15) is 30.4 Å². The Morgan fingerprint density at radius 3 is 2.64 bits per heavy atom. The fourth-order valence-electron chi connectivity index (χ4n) is 2.65. The number of rotatable bonds is 8. The molecule has 4 nitrogen and oxygen atoms in total. The molecule has 0 radical (unpaired) electrons. The normalized spacial score (nSPS) is 15.7. The maximum absolute atomic E-state index is 11.8. The zero-order valence-corrected chi connectivity index (χ0v) is 13.6. The van der Waals surface area contributed by atoms with E-state index in [0.29, 0.717) is 6.42 Å². The molecule has 122 valence electrons. The number of carbonyl (C=O) groups excluding carboxylic acids is 1. The zero-order chi connectivity index (χ0) is 15.6. The molecule has 1 aliphatic rings. The first-order chi connectivity index (χ1) is 10.7. The van der Waals surface area contributed by atoms with E-state index in [1.807, 2.05) is 0 Å². The van der Waals surface area contributed by atoms with Gasteiger partial charge < -0.3 is 10.1 Å². The molecule has 1 heterocycles. The maximum atomic E-state index is 11.8. The summed E-state index contributed by atoms with van der Waals surface area (Å²) in [6.07, 6.45) is 3.52. The number of carbonyl (C=O) groups is 1. The fraction of sp³-hybridized carbons (Fsp3) is 0.611. The van der Waals surface area contributed by atoms with Crippen LogP contribution in [0.5, 0.6) is 0 Å². The predicted octanol–water partition coefficient (Wildman–Crippen LogP) is 2.16. The van der Waals surface area contributed by atoms with Crippen molar-refractivity contribution in [1.82, 2.24) is 10.2 Å². The molecule has 0 unspecified atom stereocenters. The summed E-state index contributed by atoms with van der Waals surface area (Å²) in [5, 5.41) is 3.02. The molecule has 22 heavy (non-hydrogen) atoms. The first-order valence-corrected chi connectivity index (χ1v) is 8.36. The second kappa shape index (κ2) is 9.59. The lowest BCUT2D eigenvalue weighted by atomic mass is 10.1. The van der Waals surface area contributed by atoms with Crippen LogP contribution in [0, 0.1) is 6.92 Å². The number of nitrogens with one attached hydrogen (secondary N) is 1. The Morgan fingerprint density at radius 2 is 1.91 bits per heavy atom. The molecule has 0 bridgehead atoms. The quantitative estimate of drug-likeness (QED) is 0.748. The van der Waals surface area contributed by atoms with E-state index in [9.17, 15) is 4.79 Å². The molecule has 0 spiro atoms. The van der Waals surface area contributed by atoms with E-state index in [2.05, 4.69) is 41.4 Å². The van der Waals surface area contributed by atoms with Gasteiger partial charge in [0.1, 0.15) is 0 Å². The summed E-state index contributed by atoms with van der Waals surface area (Å²) in [6, 6.07) is 8.55. The fourth-order valence-corrected chi connectivity index (χ4v) is 2.65. The minimum atomic E-state index is 0.175. The van der Waals surface area contributed by atoms with Gasteiger partial charge in [0.05, 0.1) is 13.2 Å². The molecule has 0 aliphatic carbocycles. The summed E-state index contributed by atoms with van der Waals surface area (Å²) in [4.78, 5) is 14.2. The van der Waals surface area contributed by atoms with Gasteiger partial charge in [-0.15, -0.1) is 0 Å². The van der Waals surface area contributed by atoms with Crippen LogP contribution >= 0.6 is 0 Å². The Morgan fingerprint density at radius 1 is 1.18 bits per heavy atom. The van der Waals surface area contributed by atoms with Crippen LogP contribution < -0.4 is 5.32 Å². The number of hydrogen-bond donors (Lipinski definition) is 1. The lowest BCUT2D eigenvalue weighted by molar-refractivity contribution is -0.121. The van der Waals surface area contributed by atoms with Gasteiger partial charge in [0.15, 0.2) is 0 Å². The number of ether oxygens (including phenoxy) is 1. The SMILES string of the molecule is Cc1ccc(CCCC(=O)NCCCN2CCOCC2)cc1. The summed E-state index contributed by atoms with van der Waals surface area (Å²) in [5.74, 6) is 0.175. The van der Waals surface area contributed by atoms with Crippen LogP contribution in [0.15, 0.2) is 24.3 Å². The molecule has 1 aliphatic heterocycles. The number of aryl methyl sites for hydroxylation is 2. The average Bonchev–Trinajstić information content (AvgIpc) is 2.54. The van der Waals surface area contributed by atoms with Gasteiger partial charge in [-0.1, -0.05) is 29.8 Å². The van der Waals surface area contributed by atoms with Gasteiger partial charge in [0.25, 0.3) is 0 Å². The van der Waals surface area contributed by atoms with Crippen molar-refractivity contribution in [3.63, 3.8) is 0 Å². The Balaban J connectivity index is 1.49. The molecule has 1 N–H and O–H groups in total. The van der Waals surface area contributed by atoms with E-state index in [0.717, 1.165) is 58.7 Å². The molecule has 0 atom stereocenters. The van der Waals surface area contributed by atoms with E-state index >= 15 is 0 Å². The minimum Gasteiger partial charge on any atom is -0.379 e. The average molecular weight is 304 g/mol. The minimum absolute atomic E-state index is 0.175. The van der Waals surface area contributed by atoms with Crippen molar-refractivity contribution < 1.29 is 9.53 Å². The highest BCUT2D eigenvalue weighted by Gasteiger charge is 2.09. The van der Waals surface area contributed by atoms with Gasteiger partial charge >= 0.3 is 0 Å². The smallest absolute Gasteiger partial charge is 0.220 e. The largest absolute Gasteiger partial charge is 0.379 e. The highest BCUT2D eigenvalue weighted by atomic mass is 16.5. The third-order valence-corrected chi connectivity index (χ3v) is 4.07. The number of morpholine rings is 1. The summed E-state index contributed by atoms with van der Waals surface area (Å²) in [7, 11) is 0. The Labute approximate surface area is 133 Å². The lowest BCUT2D eigenvalue weighted by Gasteiger charge is -2.26. The number of benzene rings is 1. The number of hydrogen-bond acceptors (Lipinski definition) is 3. The van der Waals surface area contributed by atoms with Crippen LogP contribution in [0.3, 0.4) is 0 Å². The van der Waals surface area contributed by atoms with E-state index in [4.69, 9.17) is 4.74 Å².